The summed E-state index contributed by atoms with van der Waals surface area (Å²) in [5.41, 5.74) is 9.36. The molecule has 1 fully saturated rings. The van der Waals surface area contributed by atoms with Crippen molar-refractivity contribution in [2.45, 2.75) is 33.0 Å². The Labute approximate surface area is 139 Å². The van der Waals surface area contributed by atoms with Crippen molar-refractivity contribution >= 4 is 5.96 Å². The van der Waals surface area contributed by atoms with Crippen molar-refractivity contribution < 1.29 is 4.74 Å². The number of nitrogens with one attached hydrogen (secondary N) is 1. The Morgan fingerprint density at radius 1 is 1.48 bits per heavy atom. The van der Waals surface area contributed by atoms with E-state index in [-0.39, 0.29) is 0 Å². The molecule has 2 rings (SSSR count). The van der Waals surface area contributed by atoms with E-state index >= 15 is 0 Å². The van der Waals surface area contributed by atoms with Gasteiger partial charge in [-0.2, -0.15) is 0 Å². The Morgan fingerprint density at radius 2 is 2.26 bits per heavy atom. The first-order valence-corrected chi connectivity index (χ1v) is 8.13. The minimum Gasteiger partial charge on any atom is -0.376 e. The van der Waals surface area contributed by atoms with E-state index in [9.17, 15) is 0 Å². The van der Waals surface area contributed by atoms with Gasteiger partial charge >= 0.3 is 0 Å². The van der Waals surface area contributed by atoms with Gasteiger partial charge in [-0.05, 0) is 25.0 Å². The minimum atomic E-state index is 0.315. The Hall–Kier alpha value is -1.85. The fraction of sp³-hybridized carbons (Fsp3) is 0.500. The van der Waals surface area contributed by atoms with Crippen LogP contribution in [0.5, 0.6) is 0 Å². The Kier molecular flexibility index (Phi) is 6.62. The molecule has 5 heteroatoms. The fourth-order valence-electron chi connectivity index (χ4n) is 2.59. The van der Waals surface area contributed by atoms with E-state index in [1.807, 2.05) is 6.92 Å². The summed E-state index contributed by atoms with van der Waals surface area (Å²) in [6.45, 7) is 12.9. The molecule has 0 aromatic heterocycles. The Morgan fingerprint density at radius 3 is 3.00 bits per heavy atom. The lowest BCUT2D eigenvalue weighted by molar-refractivity contribution is -0.0212. The van der Waals surface area contributed by atoms with E-state index < -0.39 is 0 Å². The molecule has 1 aromatic carbocycles. The SMILES string of the molecule is C=C(C)CNC(N)=NCc1cccc(CN2CCOC(C)C2)c1. The predicted octanol–water partition coefficient (Wildman–Crippen LogP) is 1.89. The molecular formula is C18H28N4O. The van der Waals surface area contributed by atoms with Crippen LogP contribution in [0.1, 0.15) is 25.0 Å². The van der Waals surface area contributed by atoms with Gasteiger partial charge in [0.2, 0.25) is 0 Å². The second kappa shape index (κ2) is 8.70. The maximum atomic E-state index is 5.85. The molecular weight excluding hydrogens is 288 g/mol. The van der Waals surface area contributed by atoms with Crippen molar-refractivity contribution in [2.24, 2.45) is 10.7 Å². The predicted molar refractivity (Wildman–Crippen MR) is 95.3 cm³/mol. The minimum absolute atomic E-state index is 0.315. The van der Waals surface area contributed by atoms with Gasteiger partial charge in [0.05, 0.1) is 19.3 Å². The molecule has 1 heterocycles. The number of aliphatic imine (C=N–C) groups is 1. The van der Waals surface area contributed by atoms with E-state index in [0.717, 1.165) is 31.8 Å². The molecule has 0 saturated carbocycles. The van der Waals surface area contributed by atoms with Gasteiger partial charge in [-0.15, -0.1) is 0 Å². The molecule has 1 aliphatic rings. The summed E-state index contributed by atoms with van der Waals surface area (Å²) < 4.78 is 5.59. The highest BCUT2D eigenvalue weighted by atomic mass is 16.5. The summed E-state index contributed by atoms with van der Waals surface area (Å²) >= 11 is 0. The first kappa shape index (κ1) is 17.5. The molecule has 0 spiro atoms. The smallest absolute Gasteiger partial charge is 0.189 e. The maximum absolute atomic E-state index is 5.85. The molecule has 0 radical (unpaired) electrons. The number of hydrogen-bond acceptors (Lipinski definition) is 3. The van der Waals surface area contributed by atoms with E-state index in [2.05, 4.69) is 53.0 Å². The highest BCUT2D eigenvalue weighted by Crippen LogP contribution is 2.12. The number of nitrogens with zero attached hydrogens (tertiary/aromatic N) is 2. The molecule has 0 aliphatic carbocycles. The van der Waals surface area contributed by atoms with E-state index in [1.54, 1.807) is 0 Å². The summed E-state index contributed by atoms with van der Waals surface area (Å²) in [7, 11) is 0. The third kappa shape index (κ3) is 6.42. The van der Waals surface area contributed by atoms with Crippen LogP contribution < -0.4 is 11.1 Å². The molecule has 1 aliphatic heterocycles. The first-order valence-electron chi connectivity index (χ1n) is 8.13. The van der Waals surface area contributed by atoms with Crippen LogP contribution in [0.15, 0.2) is 41.4 Å². The van der Waals surface area contributed by atoms with E-state index in [1.165, 1.54) is 11.1 Å². The molecule has 1 unspecified atom stereocenters. The summed E-state index contributed by atoms with van der Waals surface area (Å²) in [6.07, 6.45) is 0.315. The summed E-state index contributed by atoms with van der Waals surface area (Å²) in [5.74, 6) is 0.459. The van der Waals surface area contributed by atoms with Crippen molar-refractivity contribution in [3.63, 3.8) is 0 Å². The van der Waals surface area contributed by atoms with Gasteiger partial charge in [0.15, 0.2) is 5.96 Å². The second-order valence-electron chi connectivity index (χ2n) is 6.25. The number of morpholine rings is 1. The lowest BCUT2D eigenvalue weighted by atomic mass is 10.1. The van der Waals surface area contributed by atoms with Gasteiger partial charge in [0, 0.05) is 26.2 Å². The van der Waals surface area contributed by atoms with Crippen LogP contribution in [0, 0.1) is 0 Å². The third-order valence-electron chi connectivity index (χ3n) is 3.73. The monoisotopic (exact) mass is 316 g/mol. The van der Waals surface area contributed by atoms with Crippen LogP contribution in [-0.4, -0.2) is 43.2 Å². The van der Waals surface area contributed by atoms with Crippen LogP contribution in [0.2, 0.25) is 0 Å². The zero-order valence-corrected chi connectivity index (χ0v) is 14.2. The van der Waals surface area contributed by atoms with Crippen LogP contribution in [0.25, 0.3) is 0 Å². The zero-order valence-electron chi connectivity index (χ0n) is 14.2. The van der Waals surface area contributed by atoms with Crippen molar-refractivity contribution in [1.29, 1.82) is 0 Å². The van der Waals surface area contributed by atoms with Gasteiger partial charge in [-0.25, -0.2) is 4.99 Å². The quantitative estimate of drug-likeness (QED) is 0.478. The Bertz CT molecular complexity index is 556. The van der Waals surface area contributed by atoms with Crippen LogP contribution >= 0.6 is 0 Å². The Balaban J connectivity index is 1.89. The largest absolute Gasteiger partial charge is 0.376 e. The molecule has 0 amide bonds. The number of benzene rings is 1. The van der Waals surface area contributed by atoms with Gasteiger partial charge in [0.25, 0.3) is 0 Å². The summed E-state index contributed by atoms with van der Waals surface area (Å²) in [4.78, 5) is 6.80. The number of hydrogen-bond donors (Lipinski definition) is 2. The summed E-state index contributed by atoms with van der Waals surface area (Å²) in [5, 5.41) is 3.04. The highest BCUT2D eigenvalue weighted by Gasteiger charge is 2.16. The van der Waals surface area contributed by atoms with Crippen molar-refractivity contribution in [1.82, 2.24) is 10.2 Å². The topological polar surface area (TPSA) is 62.9 Å². The molecule has 0 bridgehead atoms. The zero-order chi connectivity index (χ0) is 16.7. The van der Waals surface area contributed by atoms with Crippen LogP contribution in [0.4, 0.5) is 0 Å². The molecule has 1 atom stereocenters. The van der Waals surface area contributed by atoms with Crippen molar-refractivity contribution in [3.8, 4) is 0 Å². The molecule has 3 N–H and O–H groups in total. The number of ether oxygens (including phenoxy) is 1. The molecule has 5 nitrogen and oxygen atoms in total. The highest BCUT2D eigenvalue weighted by molar-refractivity contribution is 5.78. The van der Waals surface area contributed by atoms with Gasteiger partial charge < -0.3 is 15.8 Å². The second-order valence-corrected chi connectivity index (χ2v) is 6.25. The number of nitrogens with two attached hydrogens (primary N) is 1. The standard InChI is InChI=1S/C18H28N4O/c1-14(2)10-20-18(19)21-11-16-5-4-6-17(9-16)13-22-7-8-23-15(3)12-22/h4-6,9,15H,1,7-8,10-13H2,2-3H3,(H3,19,20,21). The molecule has 1 aromatic rings. The van der Waals surface area contributed by atoms with Gasteiger partial charge in [-0.3, -0.25) is 4.90 Å². The molecule has 1 saturated heterocycles. The fourth-order valence-corrected chi connectivity index (χ4v) is 2.59. The van der Waals surface area contributed by atoms with Crippen molar-refractivity contribution in [3.05, 3.63) is 47.5 Å². The molecule has 23 heavy (non-hydrogen) atoms. The first-order chi connectivity index (χ1) is 11.0. The van der Waals surface area contributed by atoms with Crippen molar-refractivity contribution in [2.75, 3.05) is 26.2 Å². The maximum Gasteiger partial charge on any atom is 0.189 e. The van der Waals surface area contributed by atoms with E-state index in [0.29, 0.717) is 25.2 Å². The number of guanidine groups is 1. The van der Waals surface area contributed by atoms with Crippen LogP contribution in [-0.2, 0) is 17.8 Å². The third-order valence-corrected chi connectivity index (χ3v) is 3.73. The lowest BCUT2D eigenvalue weighted by Gasteiger charge is -2.31. The average molecular weight is 316 g/mol. The molecule has 126 valence electrons. The normalized spacial score (nSPS) is 19.6. The van der Waals surface area contributed by atoms with Crippen LogP contribution in [0.3, 0.4) is 0 Å². The van der Waals surface area contributed by atoms with Gasteiger partial charge in [-0.1, -0.05) is 36.4 Å². The van der Waals surface area contributed by atoms with E-state index in [4.69, 9.17) is 10.5 Å². The average Bonchev–Trinajstić information content (AvgIpc) is 2.51. The number of rotatable bonds is 6. The van der Waals surface area contributed by atoms with Gasteiger partial charge in [0.1, 0.15) is 0 Å². The summed E-state index contributed by atoms with van der Waals surface area (Å²) in [6, 6.07) is 8.54. The lowest BCUT2D eigenvalue weighted by Crippen LogP contribution is -2.40.